The van der Waals surface area contributed by atoms with Crippen LogP contribution in [0.5, 0.6) is 0 Å². The van der Waals surface area contributed by atoms with E-state index in [0.717, 1.165) is 16.3 Å². The van der Waals surface area contributed by atoms with Crippen LogP contribution >= 0.6 is 0 Å². The zero-order chi connectivity index (χ0) is 20.8. The SMILES string of the molecule is CCOC(=O)C1=C(N)OC2=C(C(=O)CC(C)(C)C2)[C@@H]1c1cccc2ccccc12. The van der Waals surface area contributed by atoms with Crippen molar-refractivity contribution in [1.82, 2.24) is 0 Å². The van der Waals surface area contributed by atoms with Crippen LogP contribution in [0.4, 0.5) is 0 Å². The topological polar surface area (TPSA) is 78.6 Å². The summed E-state index contributed by atoms with van der Waals surface area (Å²) >= 11 is 0. The Balaban J connectivity index is 1.98. The predicted molar refractivity (Wildman–Crippen MR) is 111 cm³/mol. The van der Waals surface area contributed by atoms with Crippen LogP contribution in [0.25, 0.3) is 10.8 Å². The van der Waals surface area contributed by atoms with Crippen LogP contribution in [0, 0.1) is 5.41 Å². The third-order valence-electron chi connectivity index (χ3n) is 5.58. The average molecular weight is 391 g/mol. The highest BCUT2D eigenvalue weighted by molar-refractivity contribution is 6.05. The molecule has 2 aromatic carbocycles. The highest BCUT2D eigenvalue weighted by Crippen LogP contribution is 2.49. The Morgan fingerprint density at radius 3 is 2.66 bits per heavy atom. The number of carbonyl (C=O) groups excluding carboxylic acids is 2. The van der Waals surface area contributed by atoms with Crippen LogP contribution in [-0.2, 0) is 19.1 Å². The van der Waals surface area contributed by atoms with E-state index in [1.54, 1.807) is 6.92 Å². The van der Waals surface area contributed by atoms with Gasteiger partial charge < -0.3 is 15.2 Å². The molecule has 0 unspecified atom stereocenters. The molecule has 2 aliphatic rings. The summed E-state index contributed by atoms with van der Waals surface area (Å²) in [6.07, 6.45) is 0.985. The first kappa shape index (κ1) is 19.2. The monoisotopic (exact) mass is 391 g/mol. The van der Waals surface area contributed by atoms with Crippen molar-refractivity contribution in [2.24, 2.45) is 11.1 Å². The Kier molecular flexibility index (Phi) is 4.69. The molecular formula is C24H25NO4. The number of fused-ring (bicyclic) bond motifs is 1. The lowest BCUT2D eigenvalue weighted by Crippen LogP contribution is -2.35. The van der Waals surface area contributed by atoms with Gasteiger partial charge in [0.25, 0.3) is 0 Å². The quantitative estimate of drug-likeness (QED) is 0.788. The molecule has 150 valence electrons. The molecule has 1 atom stereocenters. The first-order valence-corrected chi connectivity index (χ1v) is 9.91. The van der Waals surface area contributed by atoms with Gasteiger partial charge in [-0.3, -0.25) is 4.79 Å². The molecule has 1 aliphatic carbocycles. The molecule has 0 amide bonds. The number of carbonyl (C=O) groups is 2. The number of hydrogen-bond donors (Lipinski definition) is 1. The minimum Gasteiger partial charge on any atom is -0.462 e. The summed E-state index contributed by atoms with van der Waals surface area (Å²) in [4.78, 5) is 26.1. The molecule has 5 nitrogen and oxygen atoms in total. The van der Waals surface area contributed by atoms with Gasteiger partial charge in [-0.1, -0.05) is 56.3 Å². The Bertz CT molecular complexity index is 1070. The molecule has 0 radical (unpaired) electrons. The van der Waals surface area contributed by atoms with Crippen molar-refractivity contribution in [3.05, 3.63) is 70.8 Å². The number of hydrogen-bond acceptors (Lipinski definition) is 5. The summed E-state index contributed by atoms with van der Waals surface area (Å²) in [6.45, 7) is 6.02. The summed E-state index contributed by atoms with van der Waals surface area (Å²) in [5.74, 6) is -0.580. The average Bonchev–Trinajstić information content (AvgIpc) is 2.65. The van der Waals surface area contributed by atoms with E-state index in [4.69, 9.17) is 15.2 Å². The van der Waals surface area contributed by atoms with Gasteiger partial charge in [0.1, 0.15) is 11.3 Å². The number of esters is 1. The second-order valence-electron chi connectivity index (χ2n) is 8.38. The second-order valence-corrected chi connectivity index (χ2v) is 8.38. The number of ketones is 1. The highest BCUT2D eigenvalue weighted by atomic mass is 16.5. The van der Waals surface area contributed by atoms with Gasteiger partial charge in [-0.05, 0) is 28.7 Å². The molecular weight excluding hydrogens is 366 g/mol. The van der Waals surface area contributed by atoms with Crippen molar-refractivity contribution < 1.29 is 19.1 Å². The number of Topliss-reactive ketones (excluding diaryl/α,β-unsaturated/α-hetero) is 1. The van der Waals surface area contributed by atoms with E-state index in [0.29, 0.717) is 24.2 Å². The number of nitrogens with two attached hydrogens (primary N) is 1. The van der Waals surface area contributed by atoms with Crippen LogP contribution in [0.3, 0.4) is 0 Å². The molecule has 0 spiro atoms. The fraction of sp³-hybridized carbons (Fsp3) is 0.333. The third kappa shape index (κ3) is 3.31. The summed E-state index contributed by atoms with van der Waals surface area (Å²) in [6, 6.07) is 13.8. The van der Waals surface area contributed by atoms with Crippen molar-refractivity contribution in [2.45, 2.75) is 39.5 Å². The van der Waals surface area contributed by atoms with Crippen LogP contribution in [0.2, 0.25) is 0 Å². The lowest BCUT2D eigenvalue weighted by molar-refractivity contribution is -0.139. The number of allylic oxidation sites excluding steroid dienone is 2. The highest BCUT2D eigenvalue weighted by Gasteiger charge is 2.45. The summed E-state index contributed by atoms with van der Waals surface area (Å²) in [7, 11) is 0. The fourth-order valence-corrected chi connectivity index (χ4v) is 4.41. The molecule has 0 saturated heterocycles. The Labute approximate surface area is 170 Å². The Morgan fingerprint density at radius 1 is 1.17 bits per heavy atom. The fourth-order valence-electron chi connectivity index (χ4n) is 4.41. The molecule has 0 bridgehead atoms. The van der Waals surface area contributed by atoms with Gasteiger partial charge in [-0.2, -0.15) is 0 Å². The summed E-state index contributed by atoms with van der Waals surface area (Å²) in [5.41, 5.74) is 7.60. The van der Waals surface area contributed by atoms with Gasteiger partial charge in [-0.15, -0.1) is 0 Å². The van der Waals surface area contributed by atoms with Crippen LogP contribution in [-0.4, -0.2) is 18.4 Å². The first-order valence-electron chi connectivity index (χ1n) is 9.91. The van der Waals surface area contributed by atoms with Crippen molar-refractivity contribution in [3.63, 3.8) is 0 Å². The van der Waals surface area contributed by atoms with Crippen LogP contribution < -0.4 is 5.73 Å². The van der Waals surface area contributed by atoms with Gasteiger partial charge in [0.15, 0.2) is 5.78 Å². The lowest BCUT2D eigenvalue weighted by atomic mass is 9.69. The van der Waals surface area contributed by atoms with Gasteiger partial charge >= 0.3 is 5.97 Å². The largest absolute Gasteiger partial charge is 0.462 e. The van der Waals surface area contributed by atoms with Gasteiger partial charge in [-0.25, -0.2) is 4.79 Å². The van der Waals surface area contributed by atoms with E-state index in [9.17, 15) is 9.59 Å². The molecule has 0 fully saturated rings. The van der Waals surface area contributed by atoms with Crippen molar-refractivity contribution in [2.75, 3.05) is 6.61 Å². The minimum atomic E-state index is -0.604. The second kappa shape index (κ2) is 7.07. The molecule has 1 aliphatic heterocycles. The molecule has 2 aromatic rings. The number of rotatable bonds is 3. The summed E-state index contributed by atoms with van der Waals surface area (Å²) < 4.78 is 11.1. The molecule has 29 heavy (non-hydrogen) atoms. The van der Waals surface area contributed by atoms with Crippen molar-refractivity contribution in [3.8, 4) is 0 Å². The van der Waals surface area contributed by atoms with Gasteiger partial charge in [0, 0.05) is 18.4 Å². The molecule has 0 aromatic heterocycles. The van der Waals surface area contributed by atoms with E-state index < -0.39 is 11.9 Å². The maximum Gasteiger partial charge on any atom is 0.340 e. The van der Waals surface area contributed by atoms with E-state index >= 15 is 0 Å². The standard InChI is InChI=1S/C24H25NO4/c1-4-28-23(27)21-19(16-11-7-9-14-8-5-6-10-15(14)16)20-17(26)12-24(2,3)13-18(20)29-22(21)25/h5-11,19H,4,12-13,25H2,1-3H3/t19-/m0/s1. The predicted octanol–water partition coefficient (Wildman–Crippen LogP) is 4.33. The van der Waals surface area contributed by atoms with Crippen LogP contribution in [0.1, 0.15) is 45.1 Å². The van der Waals surface area contributed by atoms with Crippen molar-refractivity contribution >= 4 is 22.5 Å². The van der Waals surface area contributed by atoms with Crippen LogP contribution in [0.15, 0.2) is 65.3 Å². The minimum absolute atomic E-state index is 0.0107. The van der Waals surface area contributed by atoms with E-state index in [1.165, 1.54) is 0 Å². The van der Waals surface area contributed by atoms with Gasteiger partial charge in [0.05, 0.1) is 12.5 Å². The number of ether oxygens (including phenoxy) is 2. The molecule has 4 rings (SSSR count). The molecule has 2 N–H and O–H groups in total. The number of benzene rings is 2. The maximum atomic E-state index is 13.2. The molecule has 1 heterocycles. The first-order chi connectivity index (χ1) is 13.8. The normalized spacial score (nSPS) is 21.1. The molecule has 5 heteroatoms. The molecule has 0 saturated carbocycles. The zero-order valence-corrected chi connectivity index (χ0v) is 17.0. The summed E-state index contributed by atoms with van der Waals surface area (Å²) in [5, 5.41) is 2.00. The Morgan fingerprint density at radius 2 is 1.90 bits per heavy atom. The van der Waals surface area contributed by atoms with E-state index in [1.807, 2.05) is 56.3 Å². The Hall–Kier alpha value is -3.08. The van der Waals surface area contributed by atoms with Gasteiger partial charge in [0.2, 0.25) is 5.88 Å². The van der Waals surface area contributed by atoms with E-state index in [-0.39, 0.29) is 29.3 Å². The zero-order valence-electron chi connectivity index (χ0n) is 17.0. The smallest absolute Gasteiger partial charge is 0.340 e. The van der Waals surface area contributed by atoms with E-state index in [2.05, 4.69) is 0 Å². The maximum absolute atomic E-state index is 13.2. The lowest BCUT2D eigenvalue weighted by Gasteiger charge is -2.38. The third-order valence-corrected chi connectivity index (χ3v) is 5.58. The van der Waals surface area contributed by atoms with Crippen molar-refractivity contribution in [1.29, 1.82) is 0 Å².